The highest BCUT2D eigenvalue weighted by atomic mass is 79.9. The van der Waals surface area contributed by atoms with Gasteiger partial charge in [0.05, 0.1) is 0 Å². The van der Waals surface area contributed by atoms with Gasteiger partial charge in [-0.15, -0.1) is 12.4 Å². The predicted molar refractivity (Wildman–Crippen MR) is 100 cm³/mol. The van der Waals surface area contributed by atoms with Crippen molar-refractivity contribution in [1.29, 1.82) is 0 Å². The highest BCUT2D eigenvalue weighted by Gasteiger charge is 2.36. The molecule has 0 aromatic heterocycles. The van der Waals surface area contributed by atoms with Crippen molar-refractivity contribution in [2.75, 3.05) is 19.6 Å². The molecule has 3 rings (SSSR count). The molecule has 1 aliphatic heterocycles. The van der Waals surface area contributed by atoms with E-state index in [1.54, 1.807) is 0 Å². The van der Waals surface area contributed by atoms with Crippen LogP contribution in [0.2, 0.25) is 0 Å². The molecule has 2 aliphatic rings. The van der Waals surface area contributed by atoms with E-state index < -0.39 is 0 Å². The normalized spacial score (nSPS) is 20.7. The average molecular weight is 402 g/mol. The van der Waals surface area contributed by atoms with Crippen molar-refractivity contribution < 1.29 is 4.79 Å². The van der Waals surface area contributed by atoms with Crippen LogP contribution < -0.4 is 10.6 Å². The van der Waals surface area contributed by atoms with E-state index in [2.05, 4.69) is 50.8 Å². The molecule has 5 heteroatoms. The number of piperidine rings is 1. The number of carbonyl (C=O) groups excluding carboxylic acids is 1. The van der Waals surface area contributed by atoms with Crippen LogP contribution >= 0.6 is 28.3 Å². The maximum Gasteiger partial charge on any atom is 0.223 e. The minimum atomic E-state index is 0. The Labute approximate surface area is 153 Å². The van der Waals surface area contributed by atoms with Gasteiger partial charge in [0.2, 0.25) is 5.91 Å². The Hall–Kier alpha value is -0.580. The number of halogens is 2. The number of nitrogens with one attached hydrogen (secondary N) is 2. The molecule has 0 bridgehead atoms. The number of hydrogen-bond donors (Lipinski definition) is 2. The fourth-order valence-corrected chi connectivity index (χ4v) is 4.32. The van der Waals surface area contributed by atoms with Crippen LogP contribution in [0.4, 0.5) is 0 Å². The molecule has 2 fully saturated rings. The molecule has 2 N–H and O–H groups in total. The Bertz CT molecular complexity index is 526. The largest absolute Gasteiger partial charge is 0.355 e. The van der Waals surface area contributed by atoms with Crippen LogP contribution in [0.15, 0.2) is 28.7 Å². The first-order chi connectivity index (χ1) is 10.7. The second-order valence-electron chi connectivity index (χ2n) is 6.74. The summed E-state index contributed by atoms with van der Waals surface area (Å²) < 4.78 is 1.13. The van der Waals surface area contributed by atoms with Gasteiger partial charge in [-0.1, -0.05) is 40.9 Å². The molecule has 0 spiro atoms. The lowest BCUT2D eigenvalue weighted by atomic mass is 9.78. The molecule has 1 saturated carbocycles. The van der Waals surface area contributed by atoms with Crippen LogP contribution in [-0.4, -0.2) is 25.5 Å². The molecule has 128 valence electrons. The Morgan fingerprint density at radius 3 is 2.61 bits per heavy atom. The smallest absolute Gasteiger partial charge is 0.223 e. The van der Waals surface area contributed by atoms with Crippen LogP contribution in [0.5, 0.6) is 0 Å². The number of rotatable bonds is 4. The van der Waals surface area contributed by atoms with Crippen molar-refractivity contribution in [2.45, 2.75) is 43.9 Å². The maximum atomic E-state index is 12.4. The zero-order valence-corrected chi connectivity index (χ0v) is 15.8. The van der Waals surface area contributed by atoms with E-state index in [4.69, 9.17) is 0 Å². The lowest BCUT2D eigenvalue weighted by Crippen LogP contribution is -2.44. The van der Waals surface area contributed by atoms with Crippen molar-refractivity contribution in [3.05, 3.63) is 34.3 Å². The summed E-state index contributed by atoms with van der Waals surface area (Å²) in [6, 6.07) is 8.61. The second kappa shape index (κ2) is 8.50. The first-order valence-electron chi connectivity index (χ1n) is 8.44. The predicted octanol–water partition coefficient (Wildman–Crippen LogP) is 3.80. The minimum Gasteiger partial charge on any atom is -0.355 e. The van der Waals surface area contributed by atoms with E-state index >= 15 is 0 Å². The van der Waals surface area contributed by atoms with Crippen LogP contribution in [-0.2, 0) is 10.2 Å². The van der Waals surface area contributed by atoms with Gasteiger partial charge in [-0.2, -0.15) is 0 Å². The maximum absolute atomic E-state index is 12.4. The summed E-state index contributed by atoms with van der Waals surface area (Å²) in [5, 5.41) is 6.59. The van der Waals surface area contributed by atoms with Crippen LogP contribution in [0.3, 0.4) is 0 Å². The van der Waals surface area contributed by atoms with Gasteiger partial charge in [0.1, 0.15) is 0 Å². The summed E-state index contributed by atoms with van der Waals surface area (Å²) in [4.78, 5) is 12.4. The van der Waals surface area contributed by atoms with Gasteiger partial charge < -0.3 is 10.6 Å². The lowest BCUT2D eigenvalue weighted by molar-refractivity contribution is -0.126. The summed E-state index contributed by atoms with van der Waals surface area (Å²) in [5.74, 6) is 0.449. The highest BCUT2D eigenvalue weighted by Crippen LogP contribution is 2.41. The molecule has 0 radical (unpaired) electrons. The molecule has 23 heavy (non-hydrogen) atoms. The molecule has 1 heterocycles. The molecule has 1 aliphatic carbocycles. The van der Waals surface area contributed by atoms with E-state index in [0.29, 0.717) is 0 Å². The van der Waals surface area contributed by atoms with Crippen molar-refractivity contribution in [1.82, 2.24) is 10.6 Å². The second-order valence-corrected chi connectivity index (χ2v) is 7.66. The van der Waals surface area contributed by atoms with E-state index in [1.807, 2.05) is 0 Å². The van der Waals surface area contributed by atoms with E-state index in [-0.39, 0.29) is 29.6 Å². The van der Waals surface area contributed by atoms with Gasteiger partial charge in [0, 0.05) is 22.4 Å². The van der Waals surface area contributed by atoms with E-state index in [9.17, 15) is 4.79 Å². The zero-order valence-electron chi connectivity index (χ0n) is 13.4. The fourth-order valence-electron chi connectivity index (χ4n) is 3.92. The van der Waals surface area contributed by atoms with Crippen molar-refractivity contribution in [3.63, 3.8) is 0 Å². The first-order valence-corrected chi connectivity index (χ1v) is 9.23. The van der Waals surface area contributed by atoms with Gasteiger partial charge in [0.25, 0.3) is 0 Å². The lowest BCUT2D eigenvalue weighted by Gasteiger charge is -2.31. The molecule has 1 saturated heterocycles. The van der Waals surface area contributed by atoms with Crippen LogP contribution in [0.1, 0.15) is 44.1 Å². The van der Waals surface area contributed by atoms with Crippen LogP contribution in [0.25, 0.3) is 0 Å². The quantitative estimate of drug-likeness (QED) is 0.806. The third-order valence-electron chi connectivity index (χ3n) is 5.31. The van der Waals surface area contributed by atoms with Gasteiger partial charge in [-0.25, -0.2) is 0 Å². The molecule has 1 aromatic carbocycles. The van der Waals surface area contributed by atoms with Gasteiger partial charge in [-0.05, 0) is 56.5 Å². The van der Waals surface area contributed by atoms with Crippen molar-refractivity contribution in [2.24, 2.45) is 5.92 Å². The number of benzene rings is 1. The summed E-state index contributed by atoms with van der Waals surface area (Å²) in [6.07, 6.45) is 6.81. The van der Waals surface area contributed by atoms with Crippen molar-refractivity contribution >= 4 is 34.2 Å². The van der Waals surface area contributed by atoms with Gasteiger partial charge >= 0.3 is 0 Å². The Morgan fingerprint density at radius 2 is 1.96 bits per heavy atom. The standard InChI is InChI=1S/C18H25BrN2O.ClH/c19-16-5-3-4-15(12-16)18(8-1-2-9-18)13-21-17(22)14-6-10-20-11-7-14;/h3-5,12,14,20H,1-2,6-11,13H2,(H,21,22);1H. The summed E-state index contributed by atoms with van der Waals surface area (Å²) >= 11 is 3.58. The highest BCUT2D eigenvalue weighted by molar-refractivity contribution is 9.10. The summed E-state index contributed by atoms with van der Waals surface area (Å²) in [6.45, 7) is 2.72. The van der Waals surface area contributed by atoms with E-state index in [0.717, 1.165) is 36.9 Å². The zero-order chi connectivity index (χ0) is 15.4. The third-order valence-corrected chi connectivity index (χ3v) is 5.80. The minimum absolute atomic E-state index is 0. The molecular formula is C18H26BrClN2O. The Morgan fingerprint density at radius 1 is 1.26 bits per heavy atom. The van der Waals surface area contributed by atoms with Crippen molar-refractivity contribution in [3.8, 4) is 0 Å². The number of carbonyl (C=O) groups is 1. The SMILES string of the molecule is Cl.O=C(NCC1(c2cccc(Br)c2)CCCC1)C1CCNCC1. The molecule has 0 unspecified atom stereocenters. The van der Waals surface area contributed by atoms with E-state index in [1.165, 1.54) is 31.2 Å². The number of hydrogen-bond acceptors (Lipinski definition) is 2. The topological polar surface area (TPSA) is 41.1 Å². The first kappa shape index (κ1) is 18.8. The third kappa shape index (κ3) is 4.49. The summed E-state index contributed by atoms with van der Waals surface area (Å²) in [7, 11) is 0. The fraction of sp³-hybridized carbons (Fsp3) is 0.611. The average Bonchev–Trinajstić information content (AvgIpc) is 3.04. The Kier molecular flexibility index (Phi) is 6.93. The molecular weight excluding hydrogens is 376 g/mol. The number of amides is 1. The van der Waals surface area contributed by atoms with Crippen LogP contribution in [0, 0.1) is 5.92 Å². The molecule has 0 atom stereocenters. The van der Waals surface area contributed by atoms with Gasteiger partial charge in [-0.3, -0.25) is 4.79 Å². The molecule has 1 amide bonds. The summed E-state index contributed by atoms with van der Waals surface area (Å²) in [5.41, 5.74) is 1.50. The molecule has 1 aromatic rings. The Balaban J connectivity index is 0.00000192. The monoisotopic (exact) mass is 400 g/mol. The van der Waals surface area contributed by atoms with Gasteiger partial charge in [0.15, 0.2) is 0 Å². The molecule has 3 nitrogen and oxygen atoms in total.